The van der Waals surface area contributed by atoms with Crippen molar-refractivity contribution in [3.05, 3.63) is 70.5 Å². The number of amides is 1. The zero-order valence-corrected chi connectivity index (χ0v) is 16.2. The predicted molar refractivity (Wildman–Crippen MR) is 105 cm³/mol. The fourth-order valence-electron chi connectivity index (χ4n) is 2.72. The Kier molecular flexibility index (Phi) is 5.03. The lowest BCUT2D eigenvalue weighted by atomic mass is 10.2. The van der Waals surface area contributed by atoms with Gasteiger partial charge in [-0.25, -0.2) is 9.97 Å². The van der Waals surface area contributed by atoms with E-state index >= 15 is 0 Å². The third kappa shape index (κ3) is 3.86. The summed E-state index contributed by atoms with van der Waals surface area (Å²) in [7, 11) is 0. The van der Waals surface area contributed by atoms with Crippen LogP contribution in [0.3, 0.4) is 0 Å². The van der Waals surface area contributed by atoms with E-state index in [1.165, 1.54) is 17.6 Å². The summed E-state index contributed by atoms with van der Waals surface area (Å²) in [5.74, 6) is 0.632. The van der Waals surface area contributed by atoms with E-state index in [1.54, 1.807) is 6.20 Å². The Morgan fingerprint density at radius 2 is 2.14 bits per heavy atom. The third-order valence-corrected chi connectivity index (χ3v) is 5.23. The summed E-state index contributed by atoms with van der Waals surface area (Å²) in [5.41, 5.74) is 1.90. The maximum atomic E-state index is 12.4. The van der Waals surface area contributed by atoms with E-state index in [0.717, 1.165) is 21.6 Å². The molecular weight excluding hydrogens is 376 g/mol. The van der Waals surface area contributed by atoms with Crippen LogP contribution >= 0.6 is 11.3 Å². The smallest absolute Gasteiger partial charge is 0.273 e. The van der Waals surface area contributed by atoms with E-state index < -0.39 is 0 Å². The Balaban J connectivity index is 1.40. The van der Waals surface area contributed by atoms with Crippen LogP contribution in [-0.4, -0.2) is 20.9 Å². The van der Waals surface area contributed by atoms with E-state index in [2.05, 4.69) is 20.3 Å². The first kappa shape index (κ1) is 18.1. The number of aromatic nitrogens is 3. The van der Waals surface area contributed by atoms with Crippen molar-refractivity contribution < 1.29 is 13.9 Å². The standard InChI is InChI=1S/C20H18N4O3S/c1-12-11-28-20(22-12)13(2)23-19(25)15-9-27-17(24-15)10-26-16-7-3-5-14-6-4-8-21-18(14)16/h3-9,11,13H,10H2,1-2H3,(H,23,25)/t13-/m0/s1. The number of hydrogen-bond donors (Lipinski definition) is 1. The minimum Gasteiger partial charge on any atom is -0.482 e. The molecule has 1 amide bonds. The molecule has 0 saturated carbocycles. The number of aryl methyl sites for hydroxylation is 1. The van der Waals surface area contributed by atoms with Gasteiger partial charge in [0.2, 0.25) is 5.89 Å². The molecule has 3 heterocycles. The van der Waals surface area contributed by atoms with E-state index in [-0.39, 0.29) is 24.2 Å². The summed E-state index contributed by atoms with van der Waals surface area (Å²) >= 11 is 1.51. The number of para-hydroxylation sites is 1. The van der Waals surface area contributed by atoms with Crippen LogP contribution in [-0.2, 0) is 6.61 Å². The summed E-state index contributed by atoms with van der Waals surface area (Å²) in [6, 6.07) is 9.34. The Labute approximate surface area is 165 Å². The van der Waals surface area contributed by atoms with Crippen molar-refractivity contribution >= 4 is 28.1 Å². The average Bonchev–Trinajstić information content (AvgIpc) is 3.35. The molecule has 4 rings (SSSR count). The molecule has 0 fully saturated rings. The summed E-state index contributed by atoms with van der Waals surface area (Å²) < 4.78 is 11.2. The Morgan fingerprint density at radius 1 is 1.29 bits per heavy atom. The van der Waals surface area contributed by atoms with Crippen LogP contribution in [0.4, 0.5) is 0 Å². The highest BCUT2D eigenvalue weighted by molar-refractivity contribution is 7.09. The molecule has 142 valence electrons. The number of hydrogen-bond acceptors (Lipinski definition) is 7. The number of thiazole rings is 1. The van der Waals surface area contributed by atoms with Crippen LogP contribution in [0.1, 0.15) is 40.0 Å². The van der Waals surface area contributed by atoms with Gasteiger partial charge < -0.3 is 14.5 Å². The molecule has 1 aromatic carbocycles. The highest BCUT2D eigenvalue weighted by Gasteiger charge is 2.17. The molecule has 0 aliphatic heterocycles. The highest BCUT2D eigenvalue weighted by Crippen LogP contribution is 2.24. The largest absolute Gasteiger partial charge is 0.482 e. The summed E-state index contributed by atoms with van der Waals surface area (Å²) in [5, 5.41) is 6.66. The molecule has 1 atom stereocenters. The lowest BCUT2D eigenvalue weighted by Gasteiger charge is -2.09. The molecule has 0 saturated heterocycles. The fourth-order valence-corrected chi connectivity index (χ4v) is 3.52. The summed E-state index contributed by atoms with van der Waals surface area (Å²) in [6.07, 6.45) is 3.04. The van der Waals surface area contributed by atoms with E-state index in [1.807, 2.05) is 49.6 Å². The maximum absolute atomic E-state index is 12.4. The van der Waals surface area contributed by atoms with Gasteiger partial charge in [-0.2, -0.15) is 0 Å². The second-order valence-electron chi connectivity index (χ2n) is 6.27. The molecule has 28 heavy (non-hydrogen) atoms. The number of oxazole rings is 1. The Bertz CT molecular complexity index is 1120. The number of ether oxygens (including phenoxy) is 1. The van der Waals surface area contributed by atoms with Crippen molar-refractivity contribution in [1.82, 2.24) is 20.3 Å². The lowest BCUT2D eigenvalue weighted by molar-refractivity contribution is 0.0934. The van der Waals surface area contributed by atoms with Crippen LogP contribution < -0.4 is 10.1 Å². The topological polar surface area (TPSA) is 90.1 Å². The van der Waals surface area contributed by atoms with Gasteiger partial charge in [-0.05, 0) is 26.0 Å². The minimum absolute atomic E-state index is 0.101. The minimum atomic E-state index is -0.317. The SMILES string of the molecule is Cc1csc([C@H](C)NC(=O)c2coc(COc3cccc4cccnc34)n2)n1. The van der Waals surface area contributed by atoms with Crippen LogP contribution in [0.15, 0.2) is 52.6 Å². The monoisotopic (exact) mass is 394 g/mol. The van der Waals surface area contributed by atoms with Gasteiger partial charge in [0, 0.05) is 22.7 Å². The number of pyridine rings is 1. The van der Waals surface area contributed by atoms with Gasteiger partial charge in [-0.1, -0.05) is 18.2 Å². The van der Waals surface area contributed by atoms with Crippen LogP contribution in [0.5, 0.6) is 5.75 Å². The van der Waals surface area contributed by atoms with Gasteiger partial charge in [0.25, 0.3) is 5.91 Å². The molecule has 0 unspecified atom stereocenters. The second-order valence-corrected chi connectivity index (χ2v) is 7.16. The Hall–Kier alpha value is -3.26. The maximum Gasteiger partial charge on any atom is 0.273 e. The number of carbonyl (C=O) groups is 1. The molecule has 0 spiro atoms. The van der Waals surface area contributed by atoms with Gasteiger partial charge >= 0.3 is 0 Å². The van der Waals surface area contributed by atoms with Gasteiger partial charge in [0.15, 0.2) is 12.3 Å². The lowest BCUT2D eigenvalue weighted by Crippen LogP contribution is -2.26. The first-order valence-electron chi connectivity index (χ1n) is 8.74. The number of carbonyl (C=O) groups excluding carboxylic acids is 1. The first-order chi connectivity index (χ1) is 13.6. The van der Waals surface area contributed by atoms with Crippen molar-refractivity contribution in [2.75, 3.05) is 0 Å². The first-order valence-corrected chi connectivity index (χ1v) is 9.62. The molecule has 4 aromatic rings. The average molecular weight is 394 g/mol. The summed E-state index contributed by atoms with van der Waals surface area (Å²) in [4.78, 5) is 25.3. The number of nitrogens with one attached hydrogen (secondary N) is 1. The predicted octanol–water partition coefficient (Wildman–Crippen LogP) is 4.06. The fraction of sp³-hybridized carbons (Fsp3) is 0.200. The normalized spacial score (nSPS) is 12.1. The molecule has 8 heteroatoms. The van der Waals surface area contributed by atoms with Crippen molar-refractivity contribution in [2.45, 2.75) is 26.5 Å². The quantitative estimate of drug-likeness (QED) is 0.530. The number of benzene rings is 1. The Morgan fingerprint density at radius 3 is 2.96 bits per heavy atom. The van der Waals surface area contributed by atoms with Crippen molar-refractivity contribution in [2.24, 2.45) is 0 Å². The van der Waals surface area contributed by atoms with E-state index in [9.17, 15) is 4.79 Å². The van der Waals surface area contributed by atoms with Gasteiger partial charge in [0.1, 0.15) is 22.5 Å². The number of fused-ring (bicyclic) bond motifs is 1. The zero-order chi connectivity index (χ0) is 19.5. The van der Waals surface area contributed by atoms with Crippen molar-refractivity contribution in [3.8, 4) is 5.75 Å². The molecule has 0 bridgehead atoms. The van der Waals surface area contributed by atoms with E-state index in [4.69, 9.17) is 9.15 Å². The molecule has 7 nitrogen and oxygen atoms in total. The molecule has 0 aliphatic rings. The molecular formula is C20H18N4O3S. The van der Waals surface area contributed by atoms with Crippen molar-refractivity contribution in [1.29, 1.82) is 0 Å². The van der Waals surface area contributed by atoms with Crippen LogP contribution in [0, 0.1) is 6.92 Å². The van der Waals surface area contributed by atoms with Crippen LogP contribution in [0.25, 0.3) is 10.9 Å². The van der Waals surface area contributed by atoms with E-state index in [0.29, 0.717) is 11.6 Å². The van der Waals surface area contributed by atoms with Gasteiger partial charge in [-0.3, -0.25) is 9.78 Å². The number of rotatable bonds is 6. The number of nitrogens with zero attached hydrogens (tertiary/aromatic N) is 3. The molecule has 3 aromatic heterocycles. The third-order valence-electron chi connectivity index (χ3n) is 4.09. The van der Waals surface area contributed by atoms with Crippen molar-refractivity contribution in [3.63, 3.8) is 0 Å². The van der Waals surface area contributed by atoms with Gasteiger partial charge in [0.05, 0.1) is 6.04 Å². The van der Waals surface area contributed by atoms with Gasteiger partial charge in [-0.15, -0.1) is 11.3 Å². The molecule has 0 radical (unpaired) electrons. The summed E-state index contributed by atoms with van der Waals surface area (Å²) in [6.45, 7) is 3.90. The zero-order valence-electron chi connectivity index (χ0n) is 15.4. The molecule has 1 N–H and O–H groups in total. The second kappa shape index (κ2) is 7.77. The molecule has 0 aliphatic carbocycles. The highest BCUT2D eigenvalue weighted by atomic mass is 32.1. The van der Waals surface area contributed by atoms with Crippen LogP contribution in [0.2, 0.25) is 0 Å².